The van der Waals surface area contributed by atoms with Crippen molar-refractivity contribution in [1.82, 2.24) is 9.97 Å². The molecule has 4 heteroatoms. The minimum Gasteiger partial charge on any atom is -0.359 e. The molecule has 0 atom stereocenters. The van der Waals surface area contributed by atoms with Gasteiger partial charge < -0.3 is 9.97 Å². The zero-order valence-electron chi connectivity index (χ0n) is 11.1. The molecule has 3 rings (SSSR count). The zero-order chi connectivity index (χ0) is 14.1. The Labute approximate surface area is 115 Å². The second-order valence-corrected chi connectivity index (χ2v) is 4.85. The fourth-order valence-corrected chi connectivity index (χ4v) is 2.25. The number of ketones is 2. The predicted octanol–water partition coefficient (Wildman–Crippen LogP) is 3.12. The average Bonchev–Trinajstić information content (AvgIpc) is 3.04. The lowest BCUT2D eigenvalue weighted by molar-refractivity contribution is 0.0985. The lowest BCUT2D eigenvalue weighted by Gasteiger charge is -1.95. The van der Waals surface area contributed by atoms with Gasteiger partial charge in [0.1, 0.15) is 0 Å². The number of rotatable bonds is 4. The molecule has 2 heterocycles. The van der Waals surface area contributed by atoms with Crippen LogP contribution in [0.25, 0.3) is 10.9 Å². The van der Waals surface area contributed by atoms with E-state index in [1.54, 1.807) is 12.3 Å². The molecule has 0 bridgehead atoms. The second-order valence-electron chi connectivity index (χ2n) is 4.85. The van der Waals surface area contributed by atoms with E-state index in [9.17, 15) is 9.59 Å². The highest BCUT2D eigenvalue weighted by Crippen LogP contribution is 2.16. The van der Waals surface area contributed by atoms with Gasteiger partial charge >= 0.3 is 0 Å². The van der Waals surface area contributed by atoms with Crippen molar-refractivity contribution < 1.29 is 9.59 Å². The van der Waals surface area contributed by atoms with Crippen molar-refractivity contribution >= 4 is 22.5 Å². The van der Waals surface area contributed by atoms with E-state index in [0.29, 0.717) is 11.4 Å². The molecule has 100 valence electrons. The summed E-state index contributed by atoms with van der Waals surface area (Å²) in [4.78, 5) is 29.4. The van der Waals surface area contributed by atoms with Crippen molar-refractivity contribution in [2.75, 3.05) is 0 Å². The molecule has 0 saturated carbocycles. The molecule has 0 fully saturated rings. The van der Waals surface area contributed by atoms with Crippen molar-refractivity contribution in [1.29, 1.82) is 0 Å². The fourth-order valence-electron chi connectivity index (χ4n) is 2.25. The van der Waals surface area contributed by atoms with E-state index in [4.69, 9.17) is 0 Å². The first-order valence-electron chi connectivity index (χ1n) is 6.42. The SMILES string of the molecule is CC(=O)c1cc(CC(=O)c2cc3ccccc3[nH]2)c[nH]1. The van der Waals surface area contributed by atoms with Crippen molar-refractivity contribution in [3.05, 3.63) is 59.5 Å². The molecule has 0 aliphatic rings. The maximum Gasteiger partial charge on any atom is 0.183 e. The minimum atomic E-state index is -0.0330. The summed E-state index contributed by atoms with van der Waals surface area (Å²) in [6, 6.07) is 11.4. The van der Waals surface area contributed by atoms with Crippen LogP contribution < -0.4 is 0 Å². The fraction of sp³-hybridized carbons (Fsp3) is 0.125. The number of H-pyrrole nitrogens is 2. The standard InChI is InChI=1S/C16H14N2O2/c1-10(19)14-6-11(9-17-14)7-16(20)15-8-12-4-2-3-5-13(12)18-15/h2-6,8-9,17-18H,7H2,1H3. The highest BCUT2D eigenvalue weighted by Gasteiger charge is 2.12. The number of hydrogen-bond acceptors (Lipinski definition) is 2. The molecule has 0 amide bonds. The Bertz CT molecular complexity index is 763. The van der Waals surface area contributed by atoms with E-state index in [1.165, 1.54) is 6.92 Å². The normalized spacial score (nSPS) is 10.8. The van der Waals surface area contributed by atoms with Crippen LogP contribution in [-0.2, 0) is 6.42 Å². The first-order valence-corrected chi connectivity index (χ1v) is 6.42. The number of aromatic nitrogens is 2. The molecule has 4 nitrogen and oxygen atoms in total. The molecular formula is C16H14N2O2. The van der Waals surface area contributed by atoms with E-state index >= 15 is 0 Å². The summed E-state index contributed by atoms with van der Waals surface area (Å²) in [6.07, 6.45) is 1.98. The summed E-state index contributed by atoms with van der Waals surface area (Å²) in [5.41, 5.74) is 2.90. The summed E-state index contributed by atoms with van der Waals surface area (Å²) >= 11 is 0. The van der Waals surface area contributed by atoms with E-state index in [2.05, 4.69) is 9.97 Å². The van der Waals surface area contributed by atoms with Gasteiger partial charge in [0.05, 0.1) is 11.4 Å². The number of benzene rings is 1. The van der Waals surface area contributed by atoms with Crippen molar-refractivity contribution in [3.8, 4) is 0 Å². The van der Waals surface area contributed by atoms with Crippen LogP contribution in [0.2, 0.25) is 0 Å². The number of nitrogens with one attached hydrogen (secondary N) is 2. The lowest BCUT2D eigenvalue weighted by atomic mass is 10.1. The quantitative estimate of drug-likeness (QED) is 0.712. The van der Waals surface area contributed by atoms with Gasteiger partial charge in [-0.2, -0.15) is 0 Å². The first-order chi connectivity index (χ1) is 9.63. The highest BCUT2D eigenvalue weighted by atomic mass is 16.1. The Morgan fingerprint density at radius 1 is 1.10 bits per heavy atom. The Balaban J connectivity index is 1.83. The van der Waals surface area contributed by atoms with Crippen LogP contribution in [0, 0.1) is 0 Å². The summed E-state index contributed by atoms with van der Waals surface area (Å²) in [5, 5.41) is 1.02. The van der Waals surface area contributed by atoms with Gasteiger partial charge in [0.2, 0.25) is 0 Å². The minimum absolute atomic E-state index is 0.00954. The first kappa shape index (κ1) is 12.4. The number of aromatic amines is 2. The highest BCUT2D eigenvalue weighted by molar-refractivity contribution is 6.00. The molecule has 3 aromatic rings. The third-order valence-electron chi connectivity index (χ3n) is 3.32. The van der Waals surface area contributed by atoms with E-state index in [1.807, 2.05) is 30.3 Å². The number of para-hydroxylation sites is 1. The van der Waals surface area contributed by atoms with Crippen LogP contribution in [0.3, 0.4) is 0 Å². The van der Waals surface area contributed by atoms with Crippen molar-refractivity contribution in [2.24, 2.45) is 0 Å². The molecule has 0 aliphatic heterocycles. The van der Waals surface area contributed by atoms with Gasteiger partial charge in [-0.15, -0.1) is 0 Å². The smallest absolute Gasteiger partial charge is 0.183 e. The molecule has 20 heavy (non-hydrogen) atoms. The molecule has 0 saturated heterocycles. The molecule has 2 N–H and O–H groups in total. The van der Waals surface area contributed by atoms with Gasteiger partial charge in [-0.05, 0) is 23.8 Å². The van der Waals surface area contributed by atoms with Crippen LogP contribution in [-0.4, -0.2) is 21.5 Å². The van der Waals surface area contributed by atoms with Gasteiger partial charge in [-0.1, -0.05) is 18.2 Å². The number of carbonyl (C=O) groups excluding carboxylic acids is 2. The average molecular weight is 266 g/mol. The lowest BCUT2D eigenvalue weighted by Crippen LogP contribution is -2.03. The third-order valence-corrected chi connectivity index (χ3v) is 3.32. The number of carbonyl (C=O) groups is 2. The maximum absolute atomic E-state index is 12.2. The second kappa shape index (κ2) is 4.81. The molecule has 2 aromatic heterocycles. The maximum atomic E-state index is 12.2. The van der Waals surface area contributed by atoms with Gasteiger partial charge in [0, 0.05) is 30.4 Å². The zero-order valence-corrected chi connectivity index (χ0v) is 11.1. The Hall–Kier alpha value is -2.62. The van der Waals surface area contributed by atoms with Gasteiger partial charge in [-0.25, -0.2) is 0 Å². The largest absolute Gasteiger partial charge is 0.359 e. The van der Waals surface area contributed by atoms with E-state index in [0.717, 1.165) is 16.5 Å². The van der Waals surface area contributed by atoms with Crippen LogP contribution in [0.1, 0.15) is 33.5 Å². The molecular weight excluding hydrogens is 252 g/mol. The summed E-state index contributed by atoms with van der Waals surface area (Å²) in [6.45, 7) is 1.50. The summed E-state index contributed by atoms with van der Waals surface area (Å²) in [7, 11) is 0. The third kappa shape index (κ3) is 2.28. The molecule has 0 unspecified atom stereocenters. The number of fused-ring (bicyclic) bond motifs is 1. The Kier molecular flexibility index (Phi) is 2.99. The number of Topliss-reactive ketones (excluding diaryl/α,β-unsaturated/α-hetero) is 2. The summed E-state index contributed by atoms with van der Waals surface area (Å²) in [5.74, 6) is -0.0235. The van der Waals surface area contributed by atoms with Crippen LogP contribution in [0.15, 0.2) is 42.6 Å². The Morgan fingerprint density at radius 3 is 2.60 bits per heavy atom. The topological polar surface area (TPSA) is 65.7 Å². The van der Waals surface area contributed by atoms with Gasteiger partial charge in [-0.3, -0.25) is 9.59 Å². The molecule has 1 aromatic carbocycles. The molecule has 0 radical (unpaired) electrons. The number of hydrogen-bond donors (Lipinski definition) is 2. The summed E-state index contributed by atoms with van der Waals surface area (Å²) < 4.78 is 0. The molecule has 0 aliphatic carbocycles. The van der Waals surface area contributed by atoms with Crippen molar-refractivity contribution in [3.63, 3.8) is 0 Å². The van der Waals surface area contributed by atoms with Crippen molar-refractivity contribution in [2.45, 2.75) is 13.3 Å². The van der Waals surface area contributed by atoms with Gasteiger partial charge in [0.25, 0.3) is 0 Å². The predicted molar refractivity (Wildman–Crippen MR) is 77.1 cm³/mol. The Morgan fingerprint density at radius 2 is 1.90 bits per heavy atom. The molecule has 0 spiro atoms. The monoisotopic (exact) mass is 266 g/mol. The van der Waals surface area contributed by atoms with E-state index in [-0.39, 0.29) is 18.0 Å². The van der Waals surface area contributed by atoms with Gasteiger partial charge in [0.15, 0.2) is 11.6 Å². The van der Waals surface area contributed by atoms with Crippen LogP contribution in [0.4, 0.5) is 0 Å². The van der Waals surface area contributed by atoms with Crippen LogP contribution in [0.5, 0.6) is 0 Å². The van der Waals surface area contributed by atoms with E-state index < -0.39 is 0 Å². The van der Waals surface area contributed by atoms with Crippen LogP contribution >= 0.6 is 0 Å².